The second kappa shape index (κ2) is 2.52. The number of benzene rings is 1. The number of hydrogen-bond acceptors (Lipinski definition) is 1. The average Bonchev–Trinajstić information content (AvgIpc) is 2.31. The third-order valence-electron chi connectivity index (χ3n) is 1.91. The van der Waals surface area contributed by atoms with Gasteiger partial charge in [-0.05, 0) is 34.1 Å². The molecule has 2 nitrogen and oxygen atoms in total. The van der Waals surface area contributed by atoms with Crippen molar-refractivity contribution in [3.05, 3.63) is 28.9 Å². The molecule has 0 unspecified atom stereocenters. The van der Waals surface area contributed by atoms with Gasteiger partial charge in [0.15, 0.2) is 0 Å². The topological polar surface area (TPSA) is 25.2 Å². The highest BCUT2D eigenvalue weighted by atomic mass is 79.9. The summed E-state index contributed by atoms with van der Waals surface area (Å²) in [7, 11) is 1.98. The van der Waals surface area contributed by atoms with Gasteiger partial charge >= 0.3 is 0 Å². The first-order chi connectivity index (χ1) is 5.68. The van der Waals surface area contributed by atoms with E-state index >= 15 is 0 Å². The zero-order valence-corrected chi connectivity index (χ0v) is 8.17. The standard InChI is InChI=1S/C9H8BrNO/c1-11-3-2-6-4-7(12)5-8(10)9(6)11/h2-5,12H,1H3. The number of phenolic OH excluding ortho intramolecular Hbond substituents is 1. The maximum atomic E-state index is 9.28. The highest BCUT2D eigenvalue weighted by Gasteiger charge is 2.03. The molecule has 0 atom stereocenters. The third-order valence-corrected chi connectivity index (χ3v) is 2.51. The largest absolute Gasteiger partial charge is 0.508 e. The maximum Gasteiger partial charge on any atom is 0.117 e. The van der Waals surface area contributed by atoms with Crippen LogP contribution in [0.4, 0.5) is 0 Å². The monoisotopic (exact) mass is 225 g/mol. The SMILES string of the molecule is Cn1ccc2cc(O)cc(Br)c21. The third kappa shape index (κ3) is 1.01. The highest BCUT2D eigenvalue weighted by Crippen LogP contribution is 2.28. The van der Waals surface area contributed by atoms with Gasteiger partial charge in [0.05, 0.1) is 5.52 Å². The molecule has 3 heteroatoms. The van der Waals surface area contributed by atoms with Crippen LogP contribution >= 0.6 is 15.9 Å². The van der Waals surface area contributed by atoms with Crippen LogP contribution in [0.3, 0.4) is 0 Å². The second-order valence-corrected chi connectivity index (χ2v) is 3.65. The second-order valence-electron chi connectivity index (χ2n) is 2.79. The summed E-state index contributed by atoms with van der Waals surface area (Å²) in [4.78, 5) is 0. The van der Waals surface area contributed by atoms with E-state index in [9.17, 15) is 5.11 Å². The molecule has 0 amide bonds. The number of fused-ring (bicyclic) bond motifs is 1. The Morgan fingerprint density at radius 2 is 2.17 bits per heavy atom. The zero-order valence-electron chi connectivity index (χ0n) is 6.58. The predicted molar refractivity (Wildman–Crippen MR) is 52.3 cm³/mol. The molecule has 0 bridgehead atoms. The van der Waals surface area contributed by atoms with E-state index in [0.29, 0.717) is 5.75 Å². The van der Waals surface area contributed by atoms with Gasteiger partial charge in [-0.2, -0.15) is 0 Å². The van der Waals surface area contributed by atoms with E-state index < -0.39 is 0 Å². The van der Waals surface area contributed by atoms with Crippen molar-refractivity contribution >= 4 is 26.8 Å². The first-order valence-electron chi connectivity index (χ1n) is 3.62. The smallest absolute Gasteiger partial charge is 0.117 e. The molecule has 2 rings (SSSR count). The van der Waals surface area contributed by atoms with E-state index in [1.54, 1.807) is 12.1 Å². The molecule has 2 aromatic rings. The number of aromatic hydroxyl groups is 1. The molecule has 0 spiro atoms. The molecule has 12 heavy (non-hydrogen) atoms. The summed E-state index contributed by atoms with van der Waals surface area (Å²) in [5.74, 6) is 0.292. The predicted octanol–water partition coefficient (Wildman–Crippen LogP) is 2.65. The molecular weight excluding hydrogens is 218 g/mol. The first-order valence-corrected chi connectivity index (χ1v) is 4.41. The molecular formula is C9H8BrNO. The van der Waals surface area contributed by atoms with Crippen molar-refractivity contribution in [2.75, 3.05) is 0 Å². The van der Waals surface area contributed by atoms with Crippen LogP contribution in [0.2, 0.25) is 0 Å². The van der Waals surface area contributed by atoms with Gasteiger partial charge in [0, 0.05) is 23.1 Å². The summed E-state index contributed by atoms with van der Waals surface area (Å²) in [5.41, 5.74) is 1.10. The number of hydrogen-bond donors (Lipinski definition) is 1. The Labute approximate surface area is 78.6 Å². The van der Waals surface area contributed by atoms with Crippen molar-refractivity contribution in [1.82, 2.24) is 4.57 Å². The van der Waals surface area contributed by atoms with Gasteiger partial charge in [-0.25, -0.2) is 0 Å². The summed E-state index contributed by atoms with van der Waals surface area (Å²) in [6, 6.07) is 5.42. The van der Waals surface area contributed by atoms with Crippen molar-refractivity contribution < 1.29 is 5.11 Å². The molecule has 0 radical (unpaired) electrons. The number of nitrogens with zero attached hydrogens (tertiary/aromatic N) is 1. The number of phenols is 1. The van der Waals surface area contributed by atoms with Crippen molar-refractivity contribution in [3.8, 4) is 5.75 Å². The fourth-order valence-electron chi connectivity index (χ4n) is 1.37. The summed E-state index contributed by atoms with van der Waals surface area (Å²) < 4.78 is 2.93. The average molecular weight is 226 g/mol. The van der Waals surface area contributed by atoms with Gasteiger partial charge in [-0.1, -0.05) is 0 Å². The minimum Gasteiger partial charge on any atom is -0.508 e. The molecule has 1 heterocycles. The lowest BCUT2D eigenvalue weighted by Crippen LogP contribution is -1.84. The molecule has 0 aliphatic heterocycles. The fraction of sp³-hybridized carbons (Fsp3) is 0.111. The quantitative estimate of drug-likeness (QED) is 0.733. The zero-order chi connectivity index (χ0) is 8.72. The van der Waals surface area contributed by atoms with Gasteiger partial charge in [0.2, 0.25) is 0 Å². The van der Waals surface area contributed by atoms with Crippen LogP contribution in [-0.2, 0) is 7.05 Å². The number of aromatic nitrogens is 1. The van der Waals surface area contributed by atoms with Crippen LogP contribution in [0.15, 0.2) is 28.9 Å². The van der Waals surface area contributed by atoms with E-state index in [4.69, 9.17) is 0 Å². The van der Waals surface area contributed by atoms with Gasteiger partial charge in [0.25, 0.3) is 0 Å². The van der Waals surface area contributed by atoms with Crippen molar-refractivity contribution in [2.45, 2.75) is 0 Å². The van der Waals surface area contributed by atoms with E-state index in [0.717, 1.165) is 15.4 Å². The van der Waals surface area contributed by atoms with Crippen molar-refractivity contribution in [1.29, 1.82) is 0 Å². The number of halogens is 1. The number of rotatable bonds is 0. The lowest BCUT2D eigenvalue weighted by Gasteiger charge is -1.99. The molecule has 1 N–H and O–H groups in total. The van der Waals surface area contributed by atoms with Crippen LogP contribution in [-0.4, -0.2) is 9.67 Å². The van der Waals surface area contributed by atoms with E-state index in [1.807, 2.05) is 23.9 Å². The van der Waals surface area contributed by atoms with Crippen LogP contribution in [0, 0.1) is 0 Å². The Balaban J connectivity index is 2.93. The Hall–Kier alpha value is -0.960. The van der Waals surface area contributed by atoms with Crippen LogP contribution in [0.5, 0.6) is 5.75 Å². The van der Waals surface area contributed by atoms with Crippen LogP contribution in [0.1, 0.15) is 0 Å². The Kier molecular flexibility index (Phi) is 1.61. The highest BCUT2D eigenvalue weighted by molar-refractivity contribution is 9.10. The van der Waals surface area contributed by atoms with Crippen molar-refractivity contribution in [3.63, 3.8) is 0 Å². The summed E-state index contributed by atoms with van der Waals surface area (Å²) in [5, 5.41) is 10.3. The van der Waals surface area contributed by atoms with E-state index in [-0.39, 0.29) is 0 Å². The molecule has 1 aromatic heterocycles. The van der Waals surface area contributed by atoms with Crippen LogP contribution in [0.25, 0.3) is 10.9 Å². The molecule has 62 valence electrons. The maximum absolute atomic E-state index is 9.28. The van der Waals surface area contributed by atoms with E-state index in [2.05, 4.69) is 15.9 Å². The lowest BCUT2D eigenvalue weighted by atomic mass is 10.2. The normalized spacial score (nSPS) is 10.8. The van der Waals surface area contributed by atoms with Crippen molar-refractivity contribution in [2.24, 2.45) is 7.05 Å². The van der Waals surface area contributed by atoms with Gasteiger partial charge in [-0.3, -0.25) is 0 Å². The Morgan fingerprint density at radius 3 is 2.92 bits per heavy atom. The first kappa shape index (κ1) is 7.68. The molecule has 1 aromatic carbocycles. The molecule has 0 fully saturated rings. The summed E-state index contributed by atoms with van der Waals surface area (Å²) >= 11 is 3.40. The number of aryl methyl sites for hydroxylation is 1. The molecule has 0 saturated carbocycles. The summed E-state index contributed by atoms with van der Waals surface area (Å²) in [6.07, 6.45) is 1.97. The van der Waals surface area contributed by atoms with Gasteiger partial charge < -0.3 is 9.67 Å². The minimum atomic E-state index is 0.292. The van der Waals surface area contributed by atoms with Gasteiger partial charge in [-0.15, -0.1) is 0 Å². The molecule has 0 saturated heterocycles. The molecule has 0 aliphatic carbocycles. The fourth-order valence-corrected chi connectivity index (χ4v) is 2.11. The lowest BCUT2D eigenvalue weighted by molar-refractivity contribution is 0.476. The Morgan fingerprint density at radius 1 is 1.42 bits per heavy atom. The summed E-state index contributed by atoms with van der Waals surface area (Å²) in [6.45, 7) is 0. The van der Waals surface area contributed by atoms with Crippen LogP contribution < -0.4 is 0 Å². The molecule has 0 aliphatic rings. The van der Waals surface area contributed by atoms with Gasteiger partial charge in [0.1, 0.15) is 5.75 Å². The minimum absolute atomic E-state index is 0.292. The Bertz CT molecular complexity index is 433. The van der Waals surface area contributed by atoms with E-state index in [1.165, 1.54) is 0 Å².